The molecule has 1 rings (SSSR count). The fourth-order valence-electron chi connectivity index (χ4n) is 1.95. The minimum atomic E-state index is 0. The Bertz CT molecular complexity index is 430. The number of halogens is 1. The molecule has 0 saturated heterocycles. The average Bonchev–Trinajstić information content (AvgIpc) is 2.27. The summed E-state index contributed by atoms with van der Waals surface area (Å²) in [6.07, 6.45) is 0. The molecule has 0 unspecified atom stereocenters. The van der Waals surface area contributed by atoms with Crippen molar-refractivity contribution in [1.82, 2.24) is 4.90 Å². The van der Waals surface area contributed by atoms with Gasteiger partial charge in [0, 0.05) is 23.8 Å². The molecule has 0 saturated carbocycles. The van der Waals surface area contributed by atoms with Crippen LogP contribution in [0.2, 0.25) is 0 Å². The second kappa shape index (κ2) is 7.39. The molecule has 2 N–H and O–H groups in total. The van der Waals surface area contributed by atoms with E-state index in [1.807, 2.05) is 37.8 Å². The summed E-state index contributed by atoms with van der Waals surface area (Å²) in [5.41, 5.74) is 8.10. The van der Waals surface area contributed by atoms with Crippen molar-refractivity contribution in [2.75, 3.05) is 12.3 Å². The highest BCUT2D eigenvalue weighted by Crippen LogP contribution is 2.17. The smallest absolute Gasteiger partial charge is 0.254 e. The van der Waals surface area contributed by atoms with Crippen LogP contribution in [-0.2, 0) is 0 Å². The van der Waals surface area contributed by atoms with Gasteiger partial charge in [-0.15, -0.1) is 12.4 Å². The number of carbonyl (C=O) groups is 1. The zero-order valence-electron chi connectivity index (χ0n) is 12.4. The summed E-state index contributed by atoms with van der Waals surface area (Å²) >= 11 is 0. The van der Waals surface area contributed by atoms with Gasteiger partial charge in [-0.3, -0.25) is 4.79 Å². The Kier molecular flexibility index (Phi) is 6.91. The minimum Gasteiger partial charge on any atom is -0.399 e. The molecule has 0 fully saturated rings. The highest BCUT2D eigenvalue weighted by Gasteiger charge is 2.21. The number of benzene rings is 1. The van der Waals surface area contributed by atoms with E-state index in [0.29, 0.717) is 17.2 Å². The van der Waals surface area contributed by atoms with Crippen molar-refractivity contribution in [3.8, 4) is 0 Å². The normalized spacial score (nSPS) is 10.5. The van der Waals surface area contributed by atoms with E-state index in [-0.39, 0.29) is 24.4 Å². The molecule has 0 aliphatic carbocycles. The van der Waals surface area contributed by atoms with Gasteiger partial charge in [0.1, 0.15) is 0 Å². The van der Waals surface area contributed by atoms with Gasteiger partial charge >= 0.3 is 0 Å². The second-order valence-corrected chi connectivity index (χ2v) is 5.52. The monoisotopic (exact) mass is 284 g/mol. The largest absolute Gasteiger partial charge is 0.399 e. The first kappa shape index (κ1) is 17.8. The third-order valence-electron chi connectivity index (χ3n) is 2.94. The lowest BCUT2D eigenvalue weighted by molar-refractivity contribution is 0.0681. The Morgan fingerprint density at radius 2 is 1.84 bits per heavy atom. The fourth-order valence-corrected chi connectivity index (χ4v) is 1.95. The molecule has 0 heterocycles. The molecule has 0 aliphatic rings. The summed E-state index contributed by atoms with van der Waals surface area (Å²) in [6.45, 7) is 11.0. The zero-order valence-corrected chi connectivity index (χ0v) is 13.3. The van der Waals surface area contributed by atoms with Gasteiger partial charge in [-0.05, 0) is 44.4 Å². The van der Waals surface area contributed by atoms with Gasteiger partial charge in [-0.2, -0.15) is 0 Å². The minimum absolute atomic E-state index is 0. The fraction of sp³-hybridized carbons (Fsp3) is 0.533. The number of amides is 1. The van der Waals surface area contributed by atoms with E-state index in [1.165, 1.54) is 0 Å². The van der Waals surface area contributed by atoms with Crippen LogP contribution in [0.4, 0.5) is 5.69 Å². The van der Waals surface area contributed by atoms with Crippen LogP contribution in [0.5, 0.6) is 0 Å². The van der Waals surface area contributed by atoms with E-state index in [4.69, 9.17) is 5.73 Å². The molecule has 3 nitrogen and oxygen atoms in total. The van der Waals surface area contributed by atoms with Gasteiger partial charge in [0.2, 0.25) is 0 Å². The summed E-state index contributed by atoms with van der Waals surface area (Å²) in [5, 5.41) is 0. The van der Waals surface area contributed by atoms with Crippen LogP contribution >= 0.6 is 12.4 Å². The molecule has 0 aromatic heterocycles. The predicted octanol–water partition coefficient (Wildman–Crippen LogP) is 3.51. The summed E-state index contributed by atoms with van der Waals surface area (Å²) in [6, 6.07) is 5.69. The van der Waals surface area contributed by atoms with Crippen LogP contribution in [0.3, 0.4) is 0 Å². The first-order valence-corrected chi connectivity index (χ1v) is 6.50. The van der Waals surface area contributed by atoms with E-state index in [2.05, 4.69) is 13.8 Å². The third-order valence-corrected chi connectivity index (χ3v) is 2.94. The van der Waals surface area contributed by atoms with Crippen molar-refractivity contribution in [2.45, 2.75) is 40.7 Å². The number of anilines is 1. The topological polar surface area (TPSA) is 46.3 Å². The molecule has 0 radical (unpaired) electrons. The highest BCUT2D eigenvalue weighted by molar-refractivity contribution is 5.96. The van der Waals surface area contributed by atoms with Crippen molar-refractivity contribution < 1.29 is 4.79 Å². The molecule has 0 spiro atoms. The lowest BCUT2D eigenvalue weighted by Crippen LogP contribution is -2.39. The summed E-state index contributed by atoms with van der Waals surface area (Å²) in [5.74, 6) is 0.529. The van der Waals surface area contributed by atoms with Crippen LogP contribution in [0.1, 0.15) is 43.6 Å². The lowest BCUT2D eigenvalue weighted by Gasteiger charge is -2.29. The van der Waals surface area contributed by atoms with E-state index < -0.39 is 0 Å². The molecular weight excluding hydrogens is 260 g/mol. The quantitative estimate of drug-likeness (QED) is 0.860. The molecule has 0 bridgehead atoms. The predicted molar refractivity (Wildman–Crippen MR) is 83.8 cm³/mol. The van der Waals surface area contributed by atoms with Crippen LogP contribution in [0.15, 0.2) is 18.2 Å². The zero-order chi connectivity index (χ0) is 13.9. The van der Waals surface area contributed by atoms with Crippen LogP contribution < -0.4 is 5.73 Å². The standard InChI is InChI=1S/C15H24N2O.ClH/c1-10(2)9-17(11(3)4)15(18)14-8-13(16)7-6-12(14)5;/h6-8,10-11H,9,16H2,1-5H3;1H. The molecule has 0 aliphatic heterocycles. The first-order valence-electron chi connectivity index (χ1n) is 6.50. The van der Waals surface area contributed by atoms with Crippen molar-refractivity contribution in [1.29, 1.82) is 0 Å². The number of hydrogen-bond donors (Lipinski definition) is 1. The number of carbonyl (C=O) groups excluding carboxylic acids is 1. The second-order valence-electron chi connectivity index (χ2n) is 5.52. The number of nitrogen functional groups attached to an aromatic ring is 1. The molecule has 1 aromatic rings. The molecule has 0 atom stereocenters. The number of hydrogen-bond acceptors (Lipinski definition) is 2. The Balaban J connectivity index is 0.00000324. The number of rotatable bonds is 4. The van der Waals surface area contributed by atoms with Gasteiger partial charge in [0.15, 0.2) is 0 Å². The number of aryl methyl sites for hydroxylation is 1. The molecular formula is C15H25ClN2O. The van der Waals surface area contributed by atoms with Gasteiger partial charge in [0.05, 0.1) is 0 Å². The van der Waals surface area contributed by atoms with E-state index in [9.17, 15) is 4.79 Å². The van der Waals surface area contributed by atoms with Crippen LogP contribution in [0, 0.1) is 12.8 Å². The Labute approximate surface area is 122 Å². The summed E-state index contributed by atoms with van der Waals surface area (Å²) < 4.78 is 0. The molecule has 4 heteroatoms. The van der Waals surface area contributed by atoms with Crippen molar-refractivity contribution >= 4 is 24.0 Å². The van der Waals surface area contributed by atoms with Gasteiger partial charge in [-0.25, -0.2) is 0 Å². The van der Waals surface area contributed by atoms with Crippen molar-refractivity contribution in [3.63, 3.8) is 0 Å². The maximum absolute atomic E-state index is 12.6. The Morgan fingerprint density at radius 1 is 1.26 bits per heavy atom. The average molecular weight is 285 g/mol. The Hall–Kier alpha value is -1.22. The number of nitrogens with zero attached hydrogens (tertiary/aromatic N) is 1. The van der Waals surface area contributed by atoms with E-state index in [0.717, 1.165) is 12.1 Å². The van der Waals surface area contributed by atoms with Crippen LogP contribution in [0.25, 0.3) is 0 Å². The summed E-state index contributed by atoms with van der Waals surface area (Å²) in [7, 11) is 0. The van der Waals surface area contributed by atoms with Gasteiger partial charge in [-0.1, -0.05) is 19.9 Å². The van der Waals surface area contributed by atoms with Crippen LogP contribution in [-0.4, -0.2) is 23.4 Å². The molecule has 1 amide bonds. The van der Waals surface area contributed by atoms with Crippen molar-refractivity contribution in [2.24, 2.45) is 5.92 Å². The molecule has 1 aromatic carbocycles. The summed E-state index contributed by atoms with van der Waals surface area (Å²) in [4.78, 5) is 14.5. The van der Waals surface area contributed by atoms with Crippen molar-refractivity contribution in [3.05, 3.63) is 29.3 Å². The lowest BCUT2D eigenvalue weighted by atomic mass is 10.0. The first-order chi connectivity index (χ1) is 8.32. The SMILES string of the molecule is Cc1ccc(N)cc1C(=O)N(CC(C)C)C(C)C.Cl. The number of nitrogens with two attached hydrogens (primary N) is 1. The van der Waals surface area contributed by atoms with Gasteiger partial charge in [0.25, 0.3) is 5.91 Å². The van der Waals surface area contributed by atoms with E-state index >= 15 is 0 Å². The maximum Gasteiger partial charge on any atom is 0.254 e. The highest BCUT2D eigenvalue weighted by atomic mass is 35.5. The Morgan fingerprint density at radius 3 is 2.32 bits per heavy atom. The molecule has 108 valence electrons. The van der Waals surface area contributed by atoms with Gasteiger partial charge < -0.3 is 10.6 Å². The molecule has 19 heavy (non-hydrogen) atoms. The van der Waals surface area contributed by atoms with E-state index in [1.54, 1.807) is 6.07 Å². The maximum atomic E-state index is 12.6. The third kappa shape index (κ3) is 4.75.